The van der Waals surface area contributed by atoms with Gasteiger partial charge in [-0.25, -0.2) is 16.8 Å². The molecule has 150 valence electrons. The number of rotatable bonds is 4. The first kappa shape index (κ1) is 20.2. The molecule has 8 nitrogen and oxygen atoms in total. The van der Waals surface area contributed by atoms with Gasteiger partial charge in [-0.05, 0) is 25.0 Å². The summed E-state index contributed by atoms with van der Waals surface area (Å²) in [6, 6.07) is 8.25. The average Bonchev–Trinajstić information content (AvgIpc) is 2.67. The number of piperidine rings is 1. The Morgan fingerprint density at radius 1 is 0.926 bits per heavy atom. The van der Waals surface area contributed by atoms with Crippen molar-refractivity contribution in [1.29, 1.82) is 0 Å². The number of hydrogen-bond acceptors (Lipinski definition) is 5. The van der Waals surface area contributed by atoms with E-state index >= 15 is 0 Å². The first-order valence-corrected chi connectivity index (χ1v) is 12.3. The van der Waals surface area contributed by atoms with Crippen molar-refractivity contribution in [2.24, 2.45) is 5.92 Å². The Hall–Kier alpha value is -1.49. The van der Waals surface area contributed by atoms with Crippen LogP contribution in [0.1, 0.15) is 12.8 Å². The normalized spacial score (nSPS) is 23.3. The number of amides is 1. The predicted octanol–water partition coefficient (Wildman–Crippen LogP) is 0.191. The second-order valence-corrected chi connectivity index (χ2v) is 10.9. The lowest BCUT2D eigenvalue weighted by atomic mass is 9.98. The van der Waals surface area contributed by atoms with Crippen molar-refractivity contribution in [3.63, 3.8) is 0 Å². The zero-order chi connectivity index (χ0) is 19.7. The summed E-state index contributed by atoms with van der Waals surface area (Å²) in [6.07, 6.45) is 2.44. The van der Waals surface area contributed by atoms with Crippen molar-refractivity contribution in [3.05, 3.63) is 30.3 Å². The van der Waals surface area contributed by atoms with E-state index in [0.717, 1.165) is 6.26 Å². The van der Waals surface area contributed by atoms with Gasteiger partial charge < -0.3 is 4.90 Å². The van der Waals surface area contributed by atoms with Crippen molar-refractivity contribution < 1.29 is 21.6 Å². The van der Waals surface area contributed by atoms with Gasteiger partial charge in [-0.15, -0.1) is 0 Å². The molecular weight excluding hydrogens is 390 g/mol. The Bertz CT molecular complexity index is 878. The second-order valence-electron chi connectivity index (χ2n) is 7.00. The molecule has 1 atom stereocenters. The zero-order valence-corrected chi connectivity index (χ0v) is 17.0. The molecule has 1 aromatic rings. The van der Waals surface area contributed by atoms with E-state index in [-0.39, 0.29) is 36.4 Å². The molecule has 0 spiro atoms. The van der Waals surface area contributed by atoms with Crippen LogP contribution in [0.3, 0.4) is 0 Å². The summed E-state index contributed by atoms with van der Waals surface area (Å²) in [7, 11) is -6.86. The van der Waals surface area contributed by atoms with Crippen LogP contribution in [0, 0.1) is 5.92 Å². The molecule has 0 saturated carbocycles. The average molecular weight is 416 g/mol. The Labute approximate surface area is 160 Å². The Balaban J connectivity index is 1.65. The van der Waals surface area contributed by atoms with Crippen LogP contribution in [0.4, 0.5) is 0 Å². The molecule has 3 rings (SSSR count). The number of nitrogens with zero attached hydrogens (tertiary/aromatic N) is 3. The highest BCUT2D eigenvalue weighted by molar-refractivity contribution is 7.89. The highest BCUT2D eigenvalue weighted by atomic mass is 32.2. The highest BCUT2D eigenvalue weighted by Gasteiger charge is 2.36. The molecule has 0 aromatic heterocycles. The van der Waals surface area contributed by atoms with Gasteiger partial charge in [-0.1, -0.05) is 18.2 Å². The summed E-state index contributed by atoms with van der Waals surface area (Å²) in [6.45, 7) is 1.82. The van der Waals surface area contributed by atoms with Crippen molar-refractivity contribution in [1.82, 2.24) is 13.5 Å². The molecule has 27 heavy (non-hydrogen) atoms. The fourth-order valence-electron chi connectivity index (χ4n) is 3.60. The van der Waals surface area contributed by atoms with Gasteiger partial charge in [-0.2, -0.15) is 8.61 Å². The smallest absolute Gasteiger partial charge is 0.243 e. The molecule has 2 heterocycles. The summed E-state index contributed by atoms with van der Waals surface area (Å²) in [4.78, 5) is 14.7. The van der Waals surface area contributed by atoms with Crippen molar-refractivity contribution in [2.45, 2.75) is 17.7 Å². The minimum Gasteiger partial charge on any atom is -0.340 e. The third-order valence-corrected chi connectivity index (χ3v) is 8.32. The third kappa shape index (κ3) is 4.50. The molecular formula is C17H25N3O5S2. The maximum absolute atomic E-state index is 12.9. The number of hydrogen-bond donors (Lipinski definition) is 0. The van der Waals surface area contributed by atoms with Crippen LogP contribution in [0.15, 0.2) is 35.2 Å². The monoisotopic (exact) mass is 415 g/mol. The minimum absolute atomic E-state index is 0.0869. The summed E-state index contributed by atoms with van der Waals surface area (Å²) in [5.41, 5.74) is 0. The summed E-state index contributed by atoms with van der Waals surface area (Å²) in [5, 5.41) is 0. The lowest BCUT2D eigenvalue weighted by Crippen LogP contribution is -2.53. The number of sulfonamides is 2. The van der Waals surface area contributed by atoms with Gasteiger partial charge in [0.2, 0.25) is 26.0 Å². The highest BCUT2D eigenvalue weighted by Crippen LogP contribution is 2.25. The number of piperazine rings is 1. The van der Waals surface area contributed by atoms with Crippen LogP contribution in [-0.4, -0.2) is 81.8 Å². The number of benzene rings is 1. The molecule has 2 aliphatic heterocycles. The molecule has 2 aliphatic rings. The molecule has 0 N–H and O–H groups in total. The predicted molar refractivity (Wildman–Crippen MR) is 101 cm³/mol. The number of carbonyl (C=O) groups excluding carboxylic acids is 1. The SMILES string of the molecule is CS(=O)(=O)N1CCN(C(=O)[C@H]2CCCN(S(=O)(=O)c3ccccc3)C2)CC1. The molecule has 0 unspecified atom stereocenters. The summed E-state index contributed by atoms with van der Waals surface area (Å²) in [5.74, 6) is -0.474. The molecule has 0 radical (unpaired) electrons. The van der Waals surface area contributed by atoms with E-state index in [1.165, 1.54) is 8.61 Å². The van der Waals surface area contributed by atoms with E-state index in [4.69, 9.17) is 0 Å². The molecule has 10 heteroatoms. The Morgan fingerprint density at radius 2 is 1.56 bits per heavy atom. The molecule has 2 saturated heterocycles. The van der Waals surface area contributed by atoms with Gasteiger partial charge in [-0.3, -0.25) is 4.79 Å². The first-order valence-electron chi connectivity index (χ1n) is 8.99. The fraction of sp³-hybridized carbons (Fsp3) is 0.588. The van der Waals surface area contributed by atoms with E-state index in [0.29, 0.717) is 32.5 Å². The van der Waals surface area contributed by atoms with Crippen LogP contribution in [-0.2, 0) is 24.8 Å². The van der Waals surface area contributed by atoms with E-state index in [1.54, 1.807) is 35.2 Å². The summed E-state index contributed by atoms with van der Waals surface area (Å²) >= 11 is 0. The second kappa shape index (κ2) is 7.86. The van der Waals surface area contributed by atoms with Crippen LogP contribution in [0.2, 0.25) is 0 Å². The van der Waals surface area contributed by atoms with Crippen LogP contribution in [0.5, 0.6) is 0 Å². The maximum Gasteiger partial charge on any atom is 0.243 e. The van der Waals surface area contributed by atoms with Crippen molar-refractivity contribution in [3.8, 4) is 0 Å². The van der Waals surface area contributed by atoms with Crippen molar-refractivity contribution >= 4 is 26.0 Å². The standard InChI is InChI=1S/C17H25N3O5S2/c1-26(22,23)19-12-10-18(11-13-19)17(21)15-6-5-9-20(14-15)27(24,25)16-7-3-2-4-8-16/h2-4,7-8,15H,5-6,9-14H2,1H3/t15-/m0/s1. The molecule has 0 aliphatic carbocycles. The fourth-order valence-corrected chi connectivity index (χ4v) is 5.97. The van der Waals surface area contributed by atoms with Crippen LogP contribution < -0.4 is 0 Å². The van der Waals surface area contributed by atoms with E-state index in [2.05, 4.69) is 0 Å². The van der Waals surface area contributed by atoms with Gasteiger partial charge in [0.25, 0.3) is 0 Å². The lowest BCUT2D eigenvalue weighted by Gasteiger charge is -2.38. The van der Waals surface area contributed by atoms with Gasteiger partial charge in [0.1, 0.15) is 0 Å². The van der Waals surface area contributed by atoms with Crippen molar-refractivity contribution in [2.75, 3.05) is 45.5 Å². The van der Waals surface area contributed by atoms with Gasteiger partial charge in [0.05, 0.1) is 17.1 Å². The topological polar surface area (TPSA) is 95.1 Å². The Kier molecular flexibility index (Phi) is 5.90. The third-order valence-electron chi connectivity index (χ3n) is 5.13. The van der Waals surface area contributed by atoms with Gasteiger partial charge >= 0.3 is 0 Å². The molecule has 1 amide bonds. The summed E-state index contributed by atoms with van der Waals surface area (Å²) < 4.78 is 51.6. The minimum atomic E-state index is -3.61. The largest absolute Gasteiger partial charge is 0.340 e. The van der Waals surface area contributed by atoms with Crippen LogP contribution >= 0.6 is 0 Å². The maximum atomic E-state index is 12.9. The zero-order valence-electron chi connectivity index (χ0n) is 15.3. The molecule has 0 bridgehead atoms. The van der Waals surface area contributed by atoms with E-state index in [1.807, 2.05) is 0 Å². The van der Waals surface area contributed by atoms with E-state index in [9.17, 15) is 21.6 Å². The van der Waals surface area contributed by atoms with E-state index < -0.39 is 20.0 Å². The van der Waals surface area contributed by atoms with Gasteiger partial charge in [0.15, 0.2) is 0 Å². The van der Waals surface area contributed by atoms with Gasteiger partial charge in [0, 0.05) is 39.3 Å². The Morgan fingerprint density at radius 3 is 2.15 bits per heavy atom. The first-order chi connectivity index (χ1) is 12.7. The number of carbonyl (C=O) groups is 1. The van der Waals surface area contributed by atoms with Crippen LogP contribution in [0.25, 0.3) is 0 Å². The lowest BCUT2D eigenvalue weighted by molar-refractivity contribution is -0.137. The quantitative estimate of drug-likeness (QED) is 0.700. The molecule has 1 aromatic carbocycles. The molecule has 2 fully saturated rings.